The van der Waals surface area contributed by atoms with E-state index in [2.05, 4.69) is 21.0 Å². The number of fused-ring (bicyclic) bond motifs is 2. The maximum absolute atomic E-state index is 13.5. The molecule has 0 aliphatic rings. The monoisotopic (exact) mass is 575 g/mol. The van der Waals surface area contributed by atoms with Crippen LogP contribution in [0.25, 0.3) is 33.5 Å². The number of furan rings is 1. The van der Waals surface area contributed by atoms with Gasteiger partial charge >= 0.3 is 5.97 Å². The van der Waals surface area contributed by atoms with Gasteiger partial charge in [0.15, 0.2) is 23.9 Å². The molecule has 192 valence electrons. The average molecular weight is 576 g/mol. The van der Waals surface area contributed by atoms with Gasteiger partial charge in [-0.25, -0.2) is 9.78 Å². The Morgan fingerprint density at radius 1 is 1.11 bits per heavy atom. The molecule has 0 amide bonds. The van der Waals surface area contributed by atoms with Crippen LogP contribution in [0.1, 0.15) is 12.5 Å². The second kappa shape index (κ2) is 10.9. The zero-order valence-electron chi connectivity index (χ0n) is 20.5. The highest BCUT2D eigenvalue weighted by atomic mass is 79.9. The smallest absolute Gasteiger partial charge is 0.344 e. The summed E-state index contributed by atoms with van der Waals surface area (Å²) in [5.41, 5.74) is 1.48. The van der Waals surface area contributed by atoms with E-state index in [4.69, 9.17) is 23.6 Å². The van der Waals surface area contributed by atoms with Crippen molar-refractivity contribution in [2.24, 2.45) is 5.10 Å². The van der Waals surface area contributed by atoms with Gasteiger partial charge in [0.1, 0.15) is 5.58 Å². The number of ether oxygens (including phenoxy) is 3. The Hall–Kier alpha value is -4.44. The lowest BCUT2D eigenvalue weighted by molar-refractivity contribution is -0.145. The first-order chi connectivity index (χ1) is 18.5. The van der Waals surface area contributed by atoms with Crippen LogP contribution in [-0.4, -0.2) is 42.2 Å². The number of hydrogen-bond acceptors (Lipinski definition) is 8. The lowest BCUT2D eigenvalue weighted by Crippen LogP contribution is -2.20. The van der Waals surface area contributed by atoms with E-state index in [1.54, 1.807) is 43.3 Å². The first-order valence-electron chi connectivity index (χ1n) is 11.7. The zero-order valence-corrected chi connectivity index (χ0v) is 22.1. The topological polar surface area (TPSA) is 105 Å². The SMILES string of the molecule is CCOC(=O)COc1ccc(C=Nn2c(-c3cc4cc(Br)ccc4o3)nc3ccccc3c2=O)cc1OC. The van der Waals surface area contributed by atoms with Crippen LogP contribution in [0.4, 0.5) is 0 Å². The minimum atomic E-state index is -0.478. The van der Waals surface area contributed by atoms with Crippen molar-refractivity contribution in [1.82, 2.24) is 9.66 Å². The van der Waals surface area contributed by atoms with Crippen molar-refractivity contribution in [3.63, 3.8) is 0 Å². The van der Waals surface area contributed by atoms with Crippen LogP contribution in [0.5, 0.6) is 11.5 Å². The summed E-state index contributed by atoms with van der Waals surface area (Å²) in [7, 11) is 1.49. The summed E-state index contributed by atoms with van der Waals surface area (Å²) in [6.07, 6.45) is 1.51. The van der Waals surface area contributed by atoms with Crippen molar-refractivity contribution < 1.29 is 23.4 Å². The molecule has 0 aliphatic heterocycles. The lowest BCUT2D eigenvalue weighted by Gasteiger charge is -2.11. The highest BCUT2D eigenvalue weighted by molar-refractivity contribution is 9.10. The third-order valence-electron chi connectivity index (χ3n) is 5.61. The second-order valence-electron chi connectivity index (χ2n) is 8.11. The predicted octanol–water partition coefficient (Wildman–Crippen LogP) is 5.40. The third-order valence-corrected chi connectivity index (χ3v) is 6.11. The van der Waals surface area contributed by atoms with E-state index in [0.29, 0.717) is 39.3 Å². The van der Waals surface area contributed by atoms with Gasteiger partial charge in [0.05, 0.1) is 30.8 Å². The molecule has 9 nitrogen and oxygen atoms in total. The van der Waals surface area contributed by atoms with Gasteiger partial charge in [-0.3, -0.25) is 4.79 Å². The van der Waals surface area contributed by atoms with E-state index >= 15 is 0 Å². The first-order valence-corrected chi connectivity index (χ1v) is 12.5. The van der Waals surface area contributed by atoms with Crippen molar-refractivity contribution in [2.75, 3.05) is 20.3 Å². The molecule has 5 aromatic rings. The average Bonchev–Trinajstić information content (AvgIpc) is 3.34. The molecule has 38 heavy (non-hydrogen) atoms. The van der Waals surface area contributed by atoms with Crippen LogP contribution in [-0.2, 0) is 9.53 Å². The van der Waals surface area contributed by atoms with Gasteiger partial charge in [-0.1, -0.05) is 28.1 Å². The van der Waals surface area contributed by atoms with Gasteiger partial charge < -0.3 is 18.6 Å². The van der Waals surface area contributed by atoms with Crippen LogP contribution in [0.3, 0.4) is 0 Å². The van der Waals surface area contributed by atoms with Crippen LogP contribution in [0.15, 0.2) is 85.5 Å². The standard InChI is InChI=1S/C28H22BrN3O6/c1-3-36-26(33)16-37-23-10-8-17(12-24(23)35-2)15-30-32-27(31-21-7-5-4-6-20(21)28(32)34)25-14-18-13-19(29)9-11-22(18)38-25/h4-15H,3,16H2,1-2H3. The number of halogens is 1. The van der Waals surface area contributed by atoms with Crippen molar-refractivity contribution in [1.29, 1.82) is 0 Å². The quantitative estimate of drug-likeness (QED) is 0.180. The number of carbonyl (C=O) groups excluding carboxylic acids is 1. The number of para-hydroxylation sites is 1. The number of nitrogens with zero attached hydrogens (tertiary/aromatic N) is 3. The van der Waals surface area contributed by atoms with E-state index < -0.39 is 5.97 Å². The molecule has 0 spiro atoms. The Morgan fingerprint density at radius 2 is 1.95 bits per heavy atom. The van der Waals surface area contributed by atoms with Crippen molar-refractivity contribution >= 4 is 50.0 Å². The molecule has 0 saturated heterocycles. The molecule has 0 saturated carbocycles. The summed E-state index contributed by atoms with van der Waals surface area (Å²) in [6, 6.07) is 19.6. The molecular formula is C28H22BrN3O6. The highest BCUT2D eigenvalue weighted by Crippen LogP contribution is 2.30. The van der Waals surface area contributed by atoms with E-state index in [1.165, 1.54) is 18.0 Å². The molecule has 0 unspecified atom stereocenters. The summed E-state index contributed by atoms with van der Waals surface area (Å²) in [5, 5.41) is 5.75. The molecule has 5 rings (SSSR count). The normalized spacial score (nSPS) is 11.3. The van der Waals surface area contributed by atoms with Crippen molar-refractivity contribution in [3.05, 3.63) is 87.1 Å². The molecule has 2 heterocycles. The lowest BCUT2D eigenvalue weighted by atomic mass is 10.2. The third kappa shape index (κ3) is 5.16. The van der Waals surface area contributed by atoms with Gasteiger partial charge in [-0.15, -0.1) is 0 Å². The summed E-state index contributed by atoms with van der Waals surface area (Å²) in [5.74, 6) is 0.951. The maximum Gasteiger partial charge on any atom is 0.344 e. The molecule has 2 aromatic heterocycles. The van der Waals surface area contributed by atoms with Gasteiger partial charge in [0, 0.05) is 9.86 Å². The molecule has 0 bridgehead atoms. The number of methoxy groups -OCH3 is 1. The maximum atomic E-state index is 13.5. The molecule has 0 radical (unpaired) electrons. The van der Waals surface area contributed by atoms with Crippen molar-refractivity contribution in [3.8, 4) is 23.1 Å². The van der Waals surface area contributed by atoms with Gasteiger partial charge in [0.25, 0.3) is 5.56 Å². The van der Waals surface area contributed by atoms with Gasteiger partial charge in [0.2, 0.25) is 5.82 Å². The minimum absolute atomic E-state index is 0.243. The number of hydrogen-bond donors (Lipinski definition) is 0. The first kappa shape index (κ1) is 25.2. The summed E-state index contributed by atoms with van der Waals surface area (Å²) < 4.78 is 24.0. The number of benzene rings is 3. The fourth-order valence-electron chi connectivity index (χ4n) is 3.86. The molecule has 0 N–H and O–H groups in total. The molecule has 10 heteroatoms. The molecule has 0 fully saturated rings. The predicted molar refractivity (Wildman–Crippen MR) is 147 cm³/mol. The molecule has 0 atom stereocenters. The summed E-state index contributed by atoms with van der Waals surface area (Å²) in [4.78, 5) is 29.8. The van der Waals surface area contributed by atoms with Gasteiger partial charge in [-0.05, 0) is 67.1 Å². The van der Waals surface area contributed by atoms with Crippen molar-refractivity contribution in [2.45, 2.75) is 6.92 Å². The number of rotatable bonds is 8. The molecule has 3 aromatic carbocycles. The Bertz CT molecular complexity index is 1740. The largest absolute Gasteiger partial charge is 0.493 e. The van der Waals surface area contributed by atoms with Crippen LogP contribution in [0.2, 0.25) is 0 Å². The Balaban J connectivity index is 1.55. The molecule has 0 aliphatic carbocycles. The molecular weight excluding hydrogens is 554 g/mol. The van der Waals surface area contributed by atoms with Gasteiger partial charge in [-0.2, -0.15) is 9.78 Å². The zero-order chi connectivity index (χ0) is 26.6. The van der Waals surface area contributed by atoms with E-state index in [-0.39, 0.29) is 24.6 Å². The fourth-order valence-corrected chi connectivity index (χ4v) is 4.24. The number of carbonyl (C=O) groups is 1. The second-order valence-corrected chi connectivity index (χ2v) is 9.03. The highest BCUT2D eigenvalue weighted by Gasteiger charge is 2.17. The number of aromatic nitrogens is 2. The van der Waals surface area contributed by atoms with E-state index in [0.717, 1.165) is 9.86 Å². The Labute approximate surface area is 225 Å². The van der Waals surface area contributed by atoms with Crippen LogP contribution >= 0.6 is 15.9 Å². The fraction of sp³-hybridized carbons (Fsp3) is 0.143. The van der Waals surface area contributed by atoms with Crippen LogP contribution in [0, 0.1) is 0 Å². The van der Waals surface area contributed by atoms with E-state index in [9.17, 15) is 9.59 Å². The van der Waals surface area contributed by atoms with Crippen LogP contribution < -0.4 is 15.0 Å². The summed E-state index contributed by atoms with van der Waals surface area (Å²) in [6.45, 7) is 1.75. The van der Waals surface area contributed by atoms with E-state index in [1.807, 2.05) is 30.3 Å². The number of esters is 1. The Morgan fingerprint density at radius 3 is 2.76 bits per heavy atom. The minimum Gasteiger partial charge on any atom is -0.493 e. The summed E-state index contributed by atoms with van der Waals surface area (Å²) >= 11 is 3.47. The Kier molecular flexibility index (Phi) is 7.23.